The van der Waals surface area contributed by atoms with E-state index in [2.05, 4.69) is 9.47 Å². The number of rotatable bonds is 0. The zero-order valence-electron chi connectivity index (χ0n) is 4.44. The Bertz CT molecular complexity index is 106. The highest BCUT2D eigenvalue weighted by atomic mass is 19.3. The van der Waals surface area contributed by atoms with Gasteiger partial charge in [-0.3, -0.25) is 0 Å². The minimum Gasteiger partial charge on any atom is -0.339 e. The molecule has 0 saturated carbocycles. The SMILES string of the molecule is F[C@@H]1OCCOC1(F)F. The van der Waals surface area contributed by atoms with Gasteiger partial charge >= 0.3 is 6.11 Å². The molecule has 1 saturated heterocycles. The summed E-state index contributed by atoms with van der Waals surface area (Å²) >= 11 is 0. The van der Waals surface area contributed by atoms with Gasteiger partial charge in [-0.2, -0.15) is 8.78 Å². The standard InChI is InChI=1S/C4H5F3O2/c5-3-4(6,7)9-2-1-8-3/h3H,1-2H2/t3-/m1/s1. The van der Waals surface area contributed by atoms with Crippen LogP contribution in [0.25, 0.3) is 0 Å². The lowest BCUT2D eigenvalue weighted by Gasteiger charge is -2.25. The van der Waals surface area contributed by atoms with Crippen LogP contribution in [0.5, 0.6) is 0 Å². The third kappa shape index (κ3) is 1.34. The highest BCUT2D eigenvalue weighted by molar-refractivity contribution is 4.60. The molecule has 0 radical (unpaired) electrons. The lowest BCUT2D eigenvalue weighted by atomic mass is 10.5. The lowest BCUT2D eigenvalue weighted by Crippen LogP contribution is -2.41. The maximum absolute atomic E-state index is 11.9. The van der Waals surface area contributed by atoms with Gasteiger partial charge in [-0.25, -0.2) is 4.39 Å². The second-order valence-corrected chi connectivity index (χ2v) is 1.60. The van der Waals surface area contributed by atoms with E-state index in [4.69, 9.17) is 0 Å². The zero-order chi connectivity index (χ0) is 6.91. The molecule has 1 fully saturated rings. The van der Waals surface area contributed by atoms with Crippen LogP contribution in [0.15, 0.2) is 0 Å². The van der Waals surface area contributed by atoms with Crippen LogP contribution in [-0.2, 0) is 9.47 Å². The van der Waals surface area contributed by atoms with Gasteiger partial charge in [0, 0.05) is 0 Å². The van der Waals surface area contributed by atoms with Gasteiger partial charge in [-0.1, -0.05) is 0 Å². The highest BCUT2D eigenvalue weighted by Gasteiger charge is 2.45. The minimum atomic E-state index is -3.75. The van der Waals surface area contributed by atoms with Gasteiger partial charge in [0.1, 0.15) is 0 Å². The van der Waals surface area contributed by atoms with Gasteiger partial charge in [-0.05, 0) is 0 Å². The van der Waals surface area contributed by atoms with E-state index in [1.54, 1.807) is 0 Å². The molecule has 5 heteroatoms. The summed E-state index contributed by atoms with van der Waals surface area (Å²) in [5.41, 5.74) is 0. The summed E-state index contributed by atoms with van der Waals surface area (Å²) in [5, 5.41) is 0. The minimum absolute atomic E-state index is 0.114. The van der Waals surface area contributed by atoms with Gasteiger partial charge in [0.05, 0.1) is 13.2 Å². The lowest BCUT2D eigenvalue weighted by molar-refractivity contribution is -0.363. The molecular weight excluding hydrogens is 137 g/mol. The van der Waals surface area contributed by atoms with Crippen LogP contribution in [0.2, 0.25) is 0 Å². The van der Waals surface area contributed by atoms with Gasteiger partial charge in [-0.15, -0.1) is 0 Å². The van der Waals surface area contributed by atoms with E-state index in [-0.39, 0.29) is 13.2 Å². The maximum Gasteiger partial charge on any atom is 0.411 e. The second-order valence-electron chi connectivity index (χ2n) is 1.60. The van der Waals surface area contributed by atoms with Crippen molar-refractivity contribution < 1.29 is 22.6 Å². The van der Waals surface area contributed by atoms with Gasteiger partial charge in [0.15, 0.2) is 0 Å². The Labute approximate surface area is 49.6 Å². The van der Waals surface area contributed by atoms with E-state index in [1.807, 2.05) is 0 Å². The second kappa shape index (κ2) is 2.15. The molecule has 0 spiro atoms. The molecule has 2 nitrogen and oxygen atoms in total. The Kier molecular flexibility index (Phi) is 1.63. The smallest absolute Gasteiger partial charge is 0.339 e. The summed E-state index contributed by atoms with van der Waals surface area (Å²) in [6.45, 7) is -0.371. The molecule has 0 N–H and O–H groups in total. The molecule has 9 heavy (non-hydrogen) atoms. The molecule has 0 aromatic rings. The van der Waals surface area contributed by atoms with E-state index >= 15 is 0 Å². The van der Waals surface area contributed by atoms with Crippen molar-refractivity contribution in [3.8, 4) is 0 Å². The normalized spacial score (nSPS) is 34.3. The summed E-state index contributed by atoms with van der Waals surface area (Å²) in [6.07, 6.45) is -6.36. The third-order valence-electron chi connectivity index (χ3n) is 0.906. The summed E-state index contributed by atoms with van der Waals surface area (Å²) in [5.74, 6) is 0. The Balaban J connectivity index is 2.49. The average Bonchev–Trinajstić information content (AvgIpc) is 1.77. The first kappa shape index (κ1) is 6.82. The van der Waals surface area contributed by atoms with E-state index in [0.717, 1.165) is 0 Å². The van der Waals surface area contributed by atoms with Gasteiger partial charge < -0.3 is 9.47 Å². The van der Waals surface area contributed by atoms with Crippen LogP contribution >= 0.6 is 0 Å². The summed E-state index contributed by atoms with van der Waals surface area (Å²) < 4.78 is 43.3. The molecule has 1 aliphatic rings. The number of ether oxygens (including phenoxy) is 2. The van der Waals surface area contributed by atoms with Crippen LogP contribution in [-0.4, -0.2) is 25.7 Å². The predicted octanol–water partition coefficient (Wildman–Crippen LogP) is 0.922. The van der Waals surface area contributed by atoms with Gasteiger partial charge in [0.25, 0.3) is 6.36 Å². The van der Waals surface area contributed by atoms with Crippen LogP contribution in [0, 0.1) is 0 Å². The van der Waals surface area contributed by atoms with Crippen molar-refractivity contribution in [1.82, 2.24) is 0 Å². The maximum atomic E-state index is 11.9. The van der Waals surface area contributed by atoms with Crippen molar-refractivity contribution in [3.05, 3.63) is 0 Å². The fourth-order valence-electron chi connectivity index (χ4n) is 0.492. The molecule has 0 unspecified atom stereocenters. The van der Waals surface area contributed by atoms with E-state index in [9.17, 15) is 13.2 Å². The Morgan fingerprint density at radius 3 is 2.33 bits per heavy atom. The van der Waals surface area contributed by atoms with Crippen LogP contribution in [0.4, 0.5) is 13.2 Å². The molecule has 0 amide bonds. The van der Waals surface area contributed by atoms with E-state index in [1.165, 1.54) is 0 Å². The first-order valence-electron chi connectivity index (χ1n) is 2.40. The number of alkyl halides is 3. The molecule has 0 aromatic carbocycles. The Morgan fingerprint density at radius 2 is 2.00 bits per heavy atom. The number of hydrogen-bond donors (Lipinski definition) is 0. The molecule has 1 heterocycles. The molecular formula is C4H5F3O2. The molecule has 1 rings (SSSR count). The summed E-state index contributed by atoms with van der Waals surface area (Å²) in [7, 11) is 0. The van der Waals surface area contributed by atoms with E-state index in [0.29, 0.717) is 0 Å². The highest BCUT2D eigenvalue weighted by Crippen LogP contribution is 2.26. The Hall–Kier alpha value is -0.290. The predicted molar refractivity (Wildman–Crippen MR) is 21.7 cm³/mol. The quantitative estimate of drug-likeness (QED) is 0.500. The molecule has 1 aliphatic heterocycles. The zero-order valence-corrected chi connectivity index (χ0v) is 4.44. The van der Waals surface area contributed by atoms with Crippen molar-refractivity contribution in [2.45, 2.75) is 12.5 Å². The fourth-order valence-corrected chi connectivity index (χ4v) is 0.492. The van der Waals surface area contributed by atoms with Crippen molar-refractivity contribution in [3.63, 3.8) is 0 Å². The molecule has 1 atom stereocenters. The molecule has 0 aromatic heterocycles. The number of hydrogen-bond acceptors (Lipinski definition) is 2. The Morgan fingerprint density at radius 1 is 1.33 bits per heavy atom. The first-order valence-corrected chi connectivity index (χ1v) is 2.40. The van der Waals surface area contributed by atoms with Crippen LogP contribution < -0.4 is 0 Å². The molecule has 54 valence electrons. The van der Waals surface area contributed by atoms with Crippen LogP contribution in [0.1, 0.15) is 0 Å². The average molecular weight is 142 g/mol. The van der Waals surface area contributed by atoms with Crippen molar-refractivity contribution >= 4 is 0 Å². The van der Waals surface area contributed by atoms with E-state index < -0.39 is 12.5 Å². The summed E-state index contributed by atoms with van der Waals surface area (Å²) in [4.78, 5) is 0. The van der Waals surface area contributed by atoms with Gasteiger partial charge in [0.2, 0.25) is 0 Å². The number of halogens is 3. The van der Waals surface area contributed by atoms with Crippen molar-refractivity contribution in [2.24, 2.45) is 0 Å². The van der Waals surface area contributed by atoms with Crippen LogP contribution in [0.3, 0.4) is 0 Å². The monoisotopic (exact) mass is 142 g/mol. The third-order valence-corrected chi connectivity index (χ3v) is 0.906. The molecule has 0 aliphatic carbocycles. The topological polar surface area (TPSA) is 18.5 Å². The summed E-state index contributed by atoms with van der Waals surface area (Å²) in [6, 6.07) is 0. The fraction of sp³-hybridized carbons (Fsp3) is 1.00. The largest absolute Gasteiger partial charge is 0.411 e. The van der Waals surface area contributed by atoms with Crippen molar-refractivity contribution in [1.29, 1.82) is 0 Å². The first-order chi connectivity index (χ1) is 4.13. The molecule has 0 bridgehead atoms. The van der Waals surface area contributed by atoms with Crippen molar-refractivity contribution in [2.75, 3.05) is 13.2 Å².